The number of nitrogens with zero attached hydrogens (tertiary/aromatic N) is 2. The summed E-state index contributed by atoms with van der Waals surface area (Å²) in [6.07, 6.45) is 0. The Morgan fingerprint density at radius 1 is 1.36 bits per heavy atom. The van der Waals surface area contributed by atoms with Gasteiger partial charge in [0.25, 0.3) is 0 Å². The van der Waals surface area contributed by atoms with E-state index in [9.17, 15) is 0 Å². The summed E-state index contributed by atoms with van der Waals surface area (Å²) in [6, 6.07) is 6.05. The zero-order chi connectivity index (χ0) is 16.8. The molecule has 0 N–H and O–H groups in total. The molecule has 1 aliphatic heterocycles. The molecule has 1 aliphatic rings. The quantitative estimate of drug-likeness (QED) is 0.615. The van der Waals surface area contributed by atoms with E-state index in [1.165, 1.54) is 0 Å². The van der Waals surface area contributed by atoms with Crippen LogP contribution in [0.3, 0.4) is 0 Å². The normalized spacial score (nSPS) is 16.3. The topological polar surface area (TPSA) is 34.1 Å². The second kappa shape index (κ2) is 7.99. The number of benzene rings is 1. The summed E-state index contributed by atoms with van der Waals surface area (Å²) in [6.45, 7) is 18.2. The Hall–Kier alpha value is -1.81. The molecule has 0 aliphatic carbocycles. The molecule has 4 heteroatoms. The van der Waals surface area contributed by atoms with Crippen LogP contribution in [0.4, 0.5) is 11.4 Å². The molecule has 1 saturated heterocycles. The van der Waals surface area contributed by atoms with E-state index >= 15 is 0 Å². The molecule has 1 aromatic rings. The van der Waals surface area contributed by atoms with Crippen molar-refractivity contribution < 1.29 is 9.47 Å². The Labute approximate surface area is 134 Å². The van der Waals surface area contributed by atoms with Crippen molar-refractivity contribution in [1.29, 1.82) is 0 Å². The molecule has 0 atom stereocenters. The molecular weight excluding hydrogens is 276 g/mol. The molecule has 1 fully saturated rings. The minimum atomic E-state index is -0.133. The minimum Gasteiger partial charge on any atom is -0.497 e. The Morgan fingerprint density at radius 3 is 2.59 bits per heavy atom. The van der Waals surface area contributed by atoms with E-state index in [4.69, 9.17) is 9.47 Å². The summed E-state index contributed by atoms with van der Waals surface area (Å²) in [5, 5.41) is 0. The highest BCUT2D eigenvalue weighted by Gasteiger charge is 2.27. The van der Waals surface area contributed by atoms with Gasteiger partial charge < -0.3 is 14.4 Å². The highest BCUT2D eigenvalue weighted by Crippen LogP contribution is 2.32. The number of morpholine rings is 1. The van der Waals surface area contributed by atoms with E-state index < -0.39 is 0 Å². The van der Waals surface area contributed by atoms with Crippen LogP contribution in [-0.4, -0.2) is 39.1 Å². The van der Waals surface area contributed by atoms with Crippen LogP contribution in [0.1, 0.15) is 33.3 Å². The van der Waals surface area contributed by atoms with Crippen molar-refractivity contribution in [3.8, 4) is 0 Å². The molecule has 1 aromatic carbocycles. The predicted octanol–water partition coefficient (Wildman–Crippen LogP) is 4.28. The first-order valence-electron chi connectivity index (χ1n) is 7.70. The number of aliphatic imine (C=N–C) groups is 1. The molecule has 2 rings (SSSR count). The maximum absolute atomic E-state index is 5.75. The van der Waals surface area contributed by atoms with Gasteiger partial charge in [-0.25, -0.2) is 0 Å². The van der Waals surface area contributed by atoms with Gasteiger partial charge >= 0.3 is 0 Å². The smallest absolute Gasteiger partial charge is 0.121 e. The molecule has 0 spiro atoms. The molecular formula is C18H28N2O2. The van der Waals surface area contributed by atoms with Crippen molar-refractivity contribution in [2.75, 3.05) is 31.7 Å². The third kappa shape index (κ3) is 4.34. The Bertz CT molecular complexity index is 524. The standard InChI is InChI=1S/C16H22N2O2.C2H6/c1-12(19-5)14-10-13(6-7-15(14)17-4)18-8-9-20-16(2,3)11-18;1-2/h6-7,10H,1,4,8-9,11H2,2-3,5H3;1-2H3. The van der Waals surface area contributed by atoms with Crippen molar-refractivity contribution in [1.82, 2.24) is 0 Å². The lowest BCUT2D eigenvalue weighted by molar-refractivity contribution is -0.0276. The average molecular weight is 304 g/mol. The number of hydrogen-bond donors (Lipinski definition) is 0. The van der Waals surface area contributed by atoms with Crippen LogP contribution in [0.15, 0.2) is 29.8 Å². The molecule has 0 aromatic heterocycles. The van der Waals surface area contributed by atoms with Gasteiger partial charge in [0.2, 0.25) is 0 Å². The van der Waals surface area contributed by atoms with Gasteiger partial charge in [0, 0.05) is 24.3 Å². The van der Waals surface area contributed by atoms with Crippen LogP contribution in [0.2, 0.25) is 0 Å². The maximum atomic E-state index is 5.75. The summed E-state index contributed by atoms with van der Waals surface area (Å²) < 4.78 is 11.0. The van der Waals surface area contributed by atoms with Crippen LogP contribution in [0.25, 0.3) is 5.76 Å². The van der Waals surface area contributed by atoms with Crippen LogP contribution in [-0.2, 0) is 9.47 Å². The first-order valence-corrected chi connectivity index (χ1v) is 7.70. The van der Waals surface area contributed by atoms with Gasteiger partial charge in [-0.1, -0.05) is 20.4 Å². The zero-order valence-electron chi connectivity index (χ0n) is 14.5. The van der Waals surface area contributed by atoms with Crippen molar-refractivity contribution in [2.45, 2.75) is 33.3 Å². The van der Waals surface area contributed by atoms with Crippen LogP contribution in [0.5, 0.6) is 0 Å². The fraction of sp³-hybridized carbons (Fsp3) is 0.500. The van der Waals surface area contributed by atoms with E-state index in [2.05, 4.69) is 49.2 Å². The molecule has 0 radical (unpaired) electrons. The summed E-state index contributed by atoms with van der Waals surface area (Å²) in [5.74, 6) is 0.599. The van der Waals surface area contributed by atoms with Gasteiger partial charge in [0.15, 0.2) is 0 Å². The van der Waals surface area contributed by atoms with E-state index in [0.29, 0.717) is 5.76 Å². The van der Waals surface area contributed by atoms with Gasteiger partial charge in [0.05, 0.1) is 25.0 Å². The van der Waals surface area contributed by atoms with Crippen molar-refractivity contribution >= 4 is 23.9 Å². The SMILES string of the molecule is C=Nc1ccc(N2CCOC(C)(C)C2)cc1C(=C)OC.CC. The summed E-state index contributed by atoms with van der Waals surface area (Å²) in [7, 11) is 1.61. The first-order chi connectivity index (χ1) is 10.5. The number of rotatable bonds is 4. The lowest BCUT2D eigenvalue weighted by Gasteiger charge is -2.39. The molecule has 122 valence electrons. The molecule has 4 nitrogen and oxygen atoms in total. The van der Waals surface area contributed by atoms with Gasteiger partial charge in [-0.3, -0.25) is 4.99 Å². The Morgan fingerprint density at radius 2 is 2.05 bits per heavy atom. The molecule has 0 bridgehead atoms. The average Bonchev–Trinajstić information content (AvgIpc) is 2.54. The van der Waals surface area contributed by atoms with Crippen molar-refractivity contribution in [2.24, 2.45) is 4.99 Å². The van der Waals surface area contributed by atoms with Crippen molar-refractivity contribution in [3.05, 3.63) is 30.3 Å². The molecule has 0 unspecified atom stereocenters. The van der Waals surface area contributed by atoms with E-state index in [1.807, 2.05) is 19.9 Å². The second-order valence-electron chi connectivity index (χ2n) is 5.52. The largest absolute Gasteiger partial charge is 0.497 e. The minimum absolute atomic E-state index is 0.133. The van der Waals surface area contributed by atoms with E-state index in [0.717, 1.165) is 36.6 Å². The fourth-order valence-electron chi connectivity index (χ4n) is 2.43. The second-order valence-corrected chi connectivity index (χ2v) is 5.52. The lowest BCUT2D eigenvalue weighted by atomic mass is 10.1. The lowest BCUT2D eigenvalue weighted by Crippen LogP contribution is -2.48. The van der Waals surface area contributed by atoms with Crippen LogP contribution >= 0.6 is 0 Å². The van der Waals surface area contributed by atoms with Gasteiger partial charge in [-0.05, 0) is 38.8 Å². The highest BCUT2D eigenvalue weighted by atomic mass is 16.5. The molecule has 22 heavy (non-hydrogen) atoms. The van der Waals surface area contributed by atoms with E-state index in [1.54, 1.807) is 7.11 Å². The fourth-order valence-corrected chi connectivity index (χ4v) is 2.43. The Balaban J connectivity index is 0.00000116. The van der Waals surface area contributed by atoms with Gasteiger partial charge in [-0.2, -0.15) is 0 Å². The maximum Gasteiger partial charge on any atom is 0.121 e. The zero-order valence-corrected chi connectivity index (χ0v) is 14.5. The molecule has 0 saturated carbocycles. The van der Waals surface area contributed by atoms with Gasteiger partial charge in [-0.15, -0.1) is 0 Å². The van der Waals surface area contributed by atoms with Gasteiger partial charge in [0.1, 0.15) is 5.76 Å². The third-order valence-corrected chi connectivity index (χ3v) is 3.49. The van der Waals surface area contributed by atoms with Crippen LogP contribution in [0, 0.1) is 0 Å². The number of ether oxygens (including phenoxy) is 2. The highest BCUT2D eigenvalue weighted by molar-refractivity contribution is 5.74. The number of anilines is 1. The Kier molecular flexibility index (Phi) is 6.62. The monoisotopic (exact) mass is 304 g/mol. The van der Waals surface area contributed by atoms with Crippen molar-refractivity contribution in [3.63, 3.8) is 0 Å². The molecule has 1 heterocycles. The predicted molar refractivity (Wildman–Crippen MR) is 95.3 cm³/mol. The number of hydrogen-bond acceptors (Lipinski definition) is 4. The summed E-state index contributed by atoms with van der Waals surface area (Å²) in [4.78, 5) is 6.33. The number of methoxy groups -OCH3 is 1. The van der Waals surface area contributed by atoms with E-state index in [-0.39, 0.29) is 5.60 Å². The molecule has 0 amide bonds. The summed E-state index contributed by atoms with van der Waals surface area (Å²) >= 11 is 0. The first kappa shape index (κ1) is 18.2. The third-order valence-electron chi connectivity index (χ3n) is 3.49. The summed E-state index contributed by atoms with van der Waals surface area (Å²) in [5.41, 5.74) is 2.66. The van der Waals surface area contributed by atoms with Crippen LogP contribution < -0.4 is 4.90 Å².